The van der Waals surface area contributed by atoms with Crippen LogP contribution in [0.2, 0.25) is 0 Å². The first-order chi connectivity index (χ1) is 5.74. The number of nitrogens with zero attached hydrogens (tertiary/aromatic N) is 1. The maximum atomic E-state index is 3.56. The minimum atomic E-state index is 0.830. The highest BCUT2D eigenvalue weighted by atomic mass is 15.3. The van der Waals surface area contributed by atoms with Crippen LogP contribution in [0.15, 0.2) is 0 Å². The molecule has 3 heterocycles. The summed E-state index contributed by atoms with van der Waals surface area (Å²) in [5.74, 6) is 0.858. The monoisotopic (exact) mass is 168 g/mol. The molecule has 2 nitrogen and oxygen atoms in total. The highest BCUT2D eigenvalue weighted by Crippen LogP contribution is 2.21. The first-order valence-corrected chi connectivity index (χ1v) is 5.22. The van der Waals surface area contributed by atoms with Gasteiger partial charge in [-0.1, -0.05) is 13.8 Å². The molecule has 3 saturated heterocycles. The fraction of sp³-hybridized carbons (Fsp3) is 1.00. The summed E-state index contributed by atoms with van der Waals surface area (Å²) in [7, 11) is 0. The average molecular weight is 168 g/mol. The van der Waals surface area contributed by atoms with Crippen LogP contribution in [0, 0.1) is 5.92 Å². The number of hydrogen-bond acceptors (Lipinski definition) is 2. The molecule has 0 aliphatic carbocycles. The van der Waals surface area contributed by atoms with E-state index < -0.39 is 0 Å². The molecule has 3 aliphatic heterocycles. The third kappa shape index (κ3) is 1.80. The van der Waals surface area contributed by atoms with Gasteiger partial charge >= 0.3 is 0 Å². The summed E-state index contributed by atoms with van der Waals surface area (Å²) < 4.78 is 0. The summed E-state index contributed by atoms with van der Waals surface area (Å²) >= 11 is 0. The summed E-state index contributed by atoms with van der Waals surface area (Å²) in [6, 6.07) is 1.66. The van der Waals surface area contributed by atoms with E-state index in [9.17, 15) is 0 Å². The number of fused-ring (bicyclic) bond motifs is 2. The Balaban J connectivity index is 1.68. The van der Waals surface area contributed by atoms with Gasteiger partial charge in [0, 0.05) is 25.2 Å². The van der Waals surface area contributed by atoms with E-state index in [2.05, 4.69) is 24.1 Å². The number of nitrogens with one attached hydrogen (secondary N) is 1. The average Bonchev–Trinajstić information content (AvgIpc) is 2.00. The Hall–Kier alpha value is -0.0800. The van der Waals surface area contributed by atoms with Gasteiger partial charge in [0.05, 0.1) is 0 Å². The van der Waals surface area contributed by atoms with E-state index >= 15 is 0 Å². The van der Waals surface area contributed by atoms with Gasteiger partial charge in [0.15, 0.2) is 0 Å². The molecule has 3 aliphatic rings. The third-order valence-corrected chi connectivity index (χ3v) is 3.02. The van der Waals surface area contributed by atoms with Crippen LogP contribution in [-0.4, -0.2) is 36.6 Å². The van der Waals surface area contributed by atoms with Crippen molar-refractivity contribution in [3.05, 3.63) is 0 Å². The molecule has 2 bridgehead atoms. The second kappa shape index (κ2) is 3.35. The van der Waals surface area contributed by atoms with E-state index in [4.69, 9.17) is 0 Å². The molecule has 0 radical (unpaired) electrons. The van der Waals surface area contributed by atoms with Crippen LogP contribution >= 0.6 is 0 Å². The summed E-state index contributed by atoms with van der Waals surface area (Å²) in [4.78, 5) is 2.62. The molecule has 0 aromatic heterocycles. The molecule has 0 amide bonds. The van der Waals surface area contributed by atoms with E-state index in [1.54, 1.807) is 0 Å². The van der Waals surface area contributed by atoms with Crippen LogP contribution in [0.25, 0.3) is 0 Å². The van der Waals surface area contributed by atoms with Gasteiger partial charge in [-0.2, -0.15) is 0 Å². The number of piperazine rings is 1. The lowest BCUT2D eigenvalue weighted by molar-refractivity contribution is 0.0746. The lowest BCUT2D eigenvalue weighted by Crippen LogP contribution is -2.66. The standard InChI is InChI=1S/C10H20N2/c1-8(2)3-4-12-6-9-5-10(7-12)11-9/h8-11H,3-7H2,1-2H3. The minimum absolute atomic E-state index is 0.830. The molecule has 0 spiro atoms. The fourth-order valence-electron chi connectivity index (χ4n) is 2.23. The predicted molar refractivity (Wildman–Crippen MR) is 51.2 cm³/mol. The zero-order chi connectivity index (χ0) is 8.55. The van der Waals surface area contributed by atoms with Crippen LogP contribution in [0.5, 0.6) is 0 Å². The van der Waals surface area contributed by atoms with Crippen LogP contribution in [0.3, 0.4) is 0 Å². The van der Waals surface area contributed by atoms with E-state index in [1.165, 1.54) is 32.5 Å². The van der Waals surface area contributed by atoms with Crippen LogP contribution in [-0.2, 0) is 0 Å². The Labute approximate surface area is 75.3 Å². The fourth-order valence-corrected chi connectivity index (χ4v) is 2.23. The highest BCUT2D eigenvalue weighted by molar-refractivity contribution is 4.97. The second-order valence-corrected chi connectivity index (χ2v) is 4.74. The topological polar surface area (TPSA) is 15.3 Å². The third-order valence-electron chi connectivity index (χ3n) is 3.02. The molecule has 3 rings (SSSR count). The van der Waals surface area contributed by atoms with E-state index in [0.717, 1.165) is 18.0 Å². The van der Waals surface area contributed by atoms with Crippen molar-refractivity contribution in [2.75, 3.05) is 19.6 Å². The maximum absolute atomic E-state index is 3.56. The largest absolute Gasteiger partial charge is 0.309 e. The van der Waals surface area contributed by atoms with Gasteiger partial charge in [-0.25, -0.2) is 0 Å². The SMILES string of the molecule is CC(C)CCN1CC2CC(C1)N2. The van der Waals surface area contributed by atoms with Gasteiger partial charge in [0.1, 0.15) is 0 Å². The molecular weight excluding hydrogens is 148 g/mol. The zero-order valence-electron chi connectivity index (χ0n) is 8.21. The van der Waals surface area contributed by atoms with Crippen molar-refractivity contribution < 1.29 is 0 Å². The van der Waals surface area contributed by atoms with Crippen LogP contribution in [0.4, 0.5) is 0 Å². The summed E-state index contributed by atoms with van der Waals surface area (Å²) in [6.07, 6.45) is 2.79. The summed E-state index contributed by atoms with van der Waals surface area (Å²) in [6.45, 7) is 8.52. The molecule has 2 atom stereocenters. The Morgan fingerprint density at radius 1 is 1.33 bits per heavy atom. The Bertz CT molecular complexity index is 140. The van der Waals surface area contributed by atoms with Crippen LogP contribution in [0.1, 0.15) is 26.7 Å². The summed E-state index contributed by atoms with van der Waals surface area (Å²) in [5, 5.41) is 3.56. The van der Waals surface area contributed by atoms with Gasteiger partial charge in [0.2, 0.25) is 0 Å². The summed E-state index contributed by atoms with van der Waals surface area (Å²) in [5.41, 5.74) is 0. The van der Waals surface area contributed by atoms with Crippen molar-refractivity contribution in [1.29, 1.82) is 0 Å². The van der Waals surface area contributed by atoms with E-state index in [0.29, 0.717) is 0 Å². The lowest BCUT2D eigenvalue weighted by atomic mass is 9.91. The molecule has 0 aromatic carbocycles. The Morgan fingerprint density at radius 3 is 2.42 bits per heavy atom. The van der Waals surface area contributed by atoms with Crippen molar-refractivity contribution in [2.45, 2.75) is 38.8 Å². The van der Waals surface area contributed by atoms with Gasteiger partial charge in [-0.05, 0) is 25.3 Å². The predicted octanol–water partition coefficient (Wildman–Crippen LogP) is 1.08. The lowest BCUT2D eigenvalue weighted by Gasteiger charge is -2.48. The van der Waals surface area contributed by atoms with Crippen LogP contribution < -0.4 is 5.32 Å². The Kier molecular flexibility index (Phi) is 2.37. The molecule has 2 heteroatoms. The van der Waals surface area contributed by atoms with Gasteiger partial charge in [-0.15, -0.1) is 0 Å². The van der Waals surface area contributed by atoms with Crippen molar-refractivity contribution in [3.8, 4) is 0 Å². The number of hydrogen-bond donors (Lipinski definition) is 1. The molecular formula is C10H20N2. The minimum Gasteiger partial charge on any atom is -0.309 e. The molecule has 0 aromatic rings. The maximum Gasteiger partial charge on any atom is 0.0213 e. The van der Waals surface area contributed by atoms with Crippen molar-refractivity contribution in [3.63, 3.8) is 0 Å². The molecule has 12 heavy (non-hydrogen) atoms. The van der Waals surface area contributed by atoms with Gasteiger partial charge in [-0.3, -0.25) is 0 Å². The van der Waals surface area contributed by atoms with Crippen molar-refractivity contribution >= 4 is 0 Å². The quantitative estimate of drug-likeness (QED) is 0.678. The van der Waals surface area contributed by atoms with Crippen molar-refractivity contribution in [2.24, 2.45) is 5.92 Å². The van der Waals surface area contributed by atoms with E-state index in [-0.39, 0.29) is 0 Å². The molecule has 70 valence electrons. The second-order valence-electron chi connectivity index (χ2n) is 4.74. The highest BCUT2D eigenvalue weighted by Gasteiger charge is 2.35. The first kappa shape index (κ1) is 8.52. The zero-order valence-corrected chi connectivity index (χ0v) is 8.21. The smallest absolute Gasteiger partial charge is 0.0213 e. The number of rotatable bonds is 3. The Morgan fingerprint density at radius 2 is 1.92 bits per heavy atom. The molecule has 3 fully saturated rings. The van der Waals surface area contributed by atoms with Crippen molar-refractivity contribution in [1.82, 2.24) is 10.2 Å². The van der Waals surface area contributed by atoms with Gasteiger partial charge in [0.25, 0.3) is 0 Å². The first-order valence-electron chi connectivity index (χ1n) is 5.22. The van der Waals surface area contributed by atoms with E-state index in [1.807, 2.05) is 0 Å². The molecule has 2 unspecified atom stereocenters. The normalized spacial score (nSPS) is 35.2. The van der Waals surface area contributed by atoms with Gasteiger partial charge < -0.3 is 10.2 Å². The molecule has 0 saturated carbocycles. The number of piperidine rings is 1. The molecule has 1 N–H and O–H groups in total.